The van der Waals surface area contributed by atoms with Gasteiger partial charge in [-0.25, -0.2) is 4.98 Å². The molecule has 2 aliphatic rings. The van der Waals surface area contributed by atoms with Crippen molar-refractivity contribution in [3.05, 3.63) is 27.4 Å². The van der Waals surface area contributed by atoms with Gasteiger partial charge >= 0.3 is 5.97 Å². The lowest BCUT2D eigenvalue weighted by Gasteiger charge is -2.12. The maximum atomic E-state index is 12.1. The zero-order chi connectivity index (χ0) is 15.2. The largest absolute Gasteiger partial charge is 0.481 e. The number of aryl methyl sites for hydroxylation is 1. The molecule has 0 bridgehead atoms. The van der Waals surface area contributed by atoms with Crippen LogP contribution >= 0.6 is 0 Å². The van der Waals surface area contributed by atoms with Gasteiger partial charge in [-0.3, -0.25) is 14.4 Å². The number of rotatable bonds is 5. The molecule has 3 rings (SSSR count). The van der Waals surface area contributed by atoms with Gasteiger partial charge in [0.2, 0.25) is 0 Å². The summed E-state index contributed by atoms with van der Waals surface area (Å²) in [4.78, 5) is 42.1. The summed E-state index contributed by atoms with van der Waals surface area (Å²) < 4.78 is 0. The molecule has 3 N–H and O–H groups in total. The van der Waals surface area contributed by atoms with Crippen LogP contribution in [0.25, 0.3) is 0 Å². The number of nitrogens with zero attached hydrogens (tertiary/aromatic N) is 1. The standard InChI is InChI=1S/C14H17N3O4/c1-7-9(12(19)17-10(16-7)8-2-3-8)11(18)15-6-14(4-5-14)13(20)21/h8H,2-6H2,1H3,(H,15,18)(H,20,21)(H,16,17,19). The fraction of sp³-hybridized carbons (Fsp3) is 0.571. The topological polar surface area (TPSA) is 112 Å². The number of carbonyl (C=O) groups excluding carboxylic acids is 1. The van der Waals surface area contributed by atoms with Gasteiger partial charge in [-0.05, 0) is 32.6 Å². The van der Waals surface area contributed by atoms with Crippen LogP contribution in [0.2, 0.25) is 0 Å². The molecular formula is C14H17N3O4. The molecule has 2 aliphatic carbocycles. The van der Waals surface area contributed by atoms with Gasteiger partial charge in [0.25, 0.3) is 11.5 Å². The number of hydrogen-bond donors (Lipinski definition) is 3. The quantitative estimate of drug-likeness (QED) is 0.733. The Bertz CT molecular complexity index is 671. The minimum Gasteiger partial charge on any atom is -0.481 e. The Morgan fingerprint density at radius 3 is 2.57 bits per heavy atom. The molecular weight excluding hydrogens is 274 g/mol. The normalized spacial score (nSPS) is 19.1. The van der Waals surface area contributed by atoms with E-state index in [4.69, 9.17) is 5.11 Å². The molecule has 112 valence electrons. The molecule has 7 heteroatoms. The van der Waals surface area contributed by atoms with Crippen LogP contribution in [0.1, 0.15) is 53.5 Å². The Labute approximate surface area is 120 Å². The predicted molar refractivity (Wildman–Crippen MR) is 73.2 cm³/mol. The van der Waals surface area contributed by atoms with Crippen LogP contribution in [-0.2, 0) is 4.79 Å². The van der Waals surface area contributed by atoms with E-state index in [1.807, 2.05) is 0 Å². The highest BCUT2D eigenvalue weighted by molar-refractivity contribution is 5.95. The van der Waals surface area contributed by atoms with Gasteiger partial charge in [0.05, 0.1) is 11.1 Å². The first-order valence-corrected chi connectivity index (χ1v) is 7.05. The summed E-state index contributed by atoms with van der Waals surface area (Å²) in [7, 11) is 0. The highest BCUT2D eigenvalue weighted by Crippen LogP contribution is 2.45. The van der Waals surface area contributed by atoms with Crippen molar-refractivity contribution in [1.82, 2.24) is 15.3 Å². The summed E-state index contributed by atoms with van der Waals surface area (Å²) in [6, 6.07) is 0. The summed E-state index contributed by atoms with van der Waals surface area (Å²) in [5.41, 5.74) is -0.946. The van der Waals surface area contributed by atoms with Crippen LogP contribution in [0.4, 0.5) is 0 Å². The predicted octanol–water partition coefficient (Wildman–Crippen LogP) is 0.550. The molecule has 7 nitrogen and oxygen atoms in total. The van der Waals surface area contributed by atoms with Crippen LogP contribution in [0.5, 0.6) is 0 Å². The van der Waals surface area contributed by atoms with Gasteiger partial charge in [-0.2, -0.15) is 0 Å². The fourth-order valence-electron chi connectivity index (χ4n) is 2.38. The molecule has 1 amide bonds. The van der Waals surface area contributed by atoms with E-state index >= 15 is 0 Å². The molecule has 0 aromatic carbocycles. The molecule has 0 radical (unpaired) electrons. The van der Waals surface area contributed by atoms with Crippen molar-refractivity contribution >= 4 is 11.9 Å². The Hall–Kier alpha value is -2.18. The van der Waals surface area contributed by atoms with E-state index < -0.39 is 22.9 Å². The Kier molecular flexibility index (Phi) is 3.07. The Morgan fingerprint density at radius 2 is 2.10 bits per heavy atom. The molecule has 21 heavy (non-hydrogen) atoms. The zero-order valence-electron chi connectivity index (χ0n) is 11.7. The number of aliphatic carboxylic acids is 1. The lowest BCUT2D eigenvalue weighted by Crippen LogP contribution is -2.37. The molecule has 0 aliphatic heterocycles. The highest BCUT2D eigenvalue weighted by Gasteiger charge is 2.50. The number of carboxylic acid groups (broad SMARTS) is 1. The van der Waals surface area contributed by atoms with E-state index in [0.29, 0.717) is 30.3 Å². The summed E-state index contributed by atoms with van der Waals surface area (Å²) >= 11 is 0. The van der Waals surface area contributed by atoms with E-state index in [-0.39, 0.29) is 12.1 Å². The average molecular weight is 291 g/mol. The van der Waals surface area contributed by atoms with E-state index in [1.165, 1.54) is 0 Å². The second kappa shape index (κ2) is 4.68. The second-order valence-electron chi connectivity index (χ2n) is 5.95. The van der Waals surface area contributed by atoms with Crippen LogP contribution in [0.3, 0.4) is 0 Å². The summed E-state index contributed by atoms with van der Waals surface area (Å²) in [5, 5.41) is 11.6. The third-order valence-corrected chi connectivity index (χ3v) is 4.20. The van der Waals surface area contributed by atoms with Crippen LogP contribution in [0.15, 0.2) is 4.79 Å². The highest BCUT2D eigenvalue weighted by atomic mass is 16.4. The second-order valence-corrected chi connectivity index (χ2v) is 5.95. The molecule has 1 aromatic heterocycles. The number of hydrogen-bond acceptors (Lipinski definition) is 4. The van der Waals surface area contributed by atoms with Crippen molar-refractivity contribution in [2.75, 3.05) is 6.54 Å². The Morgan fingerprint density at radius 1 is 1.43 bits per heavy atom. The zero-order valence-corrected chi connectivity index (χ0v) is 11.7. The Balaban J connectivity index is 1.75. The lowest BCUT2D eigenvalue weighted by atomic mass is 10.1. The van der Waals surface area contributed by atoms with Crippen LogP contribution < -0.4 is 10.9 Å². The molecule has 2 saturated carbocycles. The first-order valence-electron chi connectivity index (χ1n) is 7.05. The third kappa shape index (κ3) is 2.55. The van der Waals surface area contributed by atoms with Crippen molar-refractivity contribution in [1.29, 1.82) is 0 Å². The van der Waals surface area contributed by atoms with Gasteiger partial charge in [0.1, 0.15) is 11.4 Å². The number of nitrogens with one attached hydrogen (secondary N) is 2. The SMILES string of the molecule is Cc1nc(C2CC2)[nH]c(=O)c1C(=O)NCC1(C(=O)O)CC1. The summed E-state index contributed by atoms with van der Waals surface area (Å²) in [6.45, 7) is 1.67. The van der Waals surface area contributed by atoms with Gasteiger partial charge < -0.3 is 15.4 Å². The molecule has 1 aromatic rings. The third-order valence-electron chi connectivity index (χ3n) is 4.20. The molecule has 0 unspecified atom stereocenters. The summed E-state index contributed by atoms with van der Waals surface area (Å²) in [6.07, 6.45) is 3.12. The molecule has 0 spiro atoms. The average Bonchev–Trinajstić information content (AvgIpc) is 3.27. The van der Waals surface area contributed by atoms with Crippen molar-refractivity contribution in [2.24, 2.45) is 5.41 Å². The number of carbonyl (C=O) groups is 2. The van der Waals surface area contributed by atoms with Crippen molar-refractivity contribution < 1.29 is 14.7 Å². The van der Waals surface area contributed by atoms with Gasteiger partial charge in [-0.1, -0.05) is 0 Å². The number of H-pyrrole nitrogens is 1. The van der Waals surface area contributed by atoms with Gasteiger partial charge in [0, 0.05) is 12.5 Å². The lowest BCUT2D eigenvalue weighted by molar-refractivity contribution is -0.143. The fourth-order valence-corrected chi connectivity index (χ4v) is 2.38. The molecule has 0 atom stereocenters. The number of aromatic amines is 1. The van der Waals surface area contributed by atoms with E-state index in [0.717, 1.165) is 12.8 Å². The van der Waals surface area contributed by atoms with Crippen LogP contribution in [-0.4, -0.2) is 33.5 Å². The summed E-state index contributed by atoms with van der Waals surface area (Å²) in [5.74, 6) is -0.528. The number of carboxylic acids is 1. The van der Waals surface area contributed by atoms with E-state index in [1.54, 1.807) is 6.92 Å². The maximum absolute atomic E-state index is 12.1. The first-order chi connectivity index (χ1) is 9.93. The van der Waals surface area contributed by atoms with Crippen molar-refractivity contribution in [3.63, 3.8) is 0 Å². The van der Waals surface area contributed by atoms with Crippen molar-refractivity contribution in [2.45, 2.75) is 38.5 Å². The molecule has 2 fully saturated rings. The van der Waals surface area contributed by atoms with Crippen LogP contribution in [0, 0.1) is 12.3 Å². The van der Waals surface area contributed by atoms with E-state index in [2.05, 4.69) is 15.3 Å². The smallest absolute Gasteiger partial charge is 0.311 e. The monoisotopic (exact) mass is 291 g/mol. The minimum absolute atomic E-state index is 0.0272. The maximum Gasteiger partial charge on any atom is 0.311 e. The van der Waals surface area contributed by atoms with Crippen molar-refractivity contribution in [3.8, 4) is 0 Å². The molecule has 1 heterocycles. The van der Waals surface area contributed by atoms with Gasteiger partial charge in [-0.15, -0.1) is 0 Å². The first kappa shape index (κ1) is 13.8. The minimum atomic E-state index is -0.907. The van der Waals surface area contributed by atoms with E-state index in [9.17, 15) is 14.4 Å². The number of amides is 1. The van der Waals surface area contributed by atoms with Gasteiger partial charge in [0.15, 0.2) is 0 Å². The molecule has 0 saturated heterocycles. The number of aromatic nitrogens is 2.